The van der Waals surface area contributed by atoms with E-state index in [1.807, 2.05) is 0 Å². The first-order valence-corrected chi connectivity index (χ1v) is 4.68. The van der Waals surface area contributed by atoms with E-state index in [0.29, 0.717) is 5.88 Å². The van der Waals surface area contributed by atoms with E-state index in [1.165, 1.54) is 22.3 Å². The van der Waals surface area contributed by atoms with Crippen LogP contribution in [0.1, 0.15) is 16.7 Å². The molecule has 12 heavy (non-hydrogen) atoms. The van der Waals surface area contributed by atoms with Gasteiger partial charge in [0.05, 0.1) is 0 Å². The summed E-state index contributed by atoms with van der Waals surface area (Å²) in [6.07, 6.45) is 3.25. The number of hydrogen-bond acceptors (Lipinski definition) is 0. The van der Waals surface area contributed by atoms with Gasteiger partial charge in [0, 0.05) is 5.88 Å². The number of allylic oxidation sites excluding steroid dienone is 1. The highest BCUT2D eigenvalue weighted by Crippen LogP contribution is 2.27. The van der Waals surface area contributed by atoms with Crippen LogP contribution in [0.4, 0.5) is 0 Å². The van der Waals surface area contributed by atoms with Crippen molar-refractivity contribution in [3.8, 4) is 0 Å². The van der Waals surface area contributed by atoms with Gasteiger partial charge in [0.2, 0.25) is 0 Å². The molecule has 2 rings (SSSR count). The number of halogens is 1. The van der Waals surface area contributed by atoms with Gasteiger partial charge in [-0.3, -0.25) is 0 Å². The zero-order chi connectivity index (χ0) is 8.55. The van der Waals surface area contributed by atoms with Crippen LogP contribution < -0.4 is 0 Å². The topological polar surface area (TPSA) is 0 Å². The number of hydrogen-bond donors (Lipinski definition) is 0. The van der Waals surface area contributed by atoms with Crippen molar-refractivity contribution in [2.75, 3.05) is 5.88 Å². The van der Waals surface area contributed by atoms with Gasteiger partial charge in [0.15, 0.2) is 0 Å². The molecule has 62 valence electrons. The summed E-state index contributed by atoms with van der Waals surface area (Å²) in [6, 6.07) is 6.41. The van der Waals surface area contributed by atoms with Crippen LogP contribution in [0, 0.1) is 6.92 Å². The van der Waals surface area contributed by atoms with Crippen molar-refractivity contribution in [2.45, 2.75) is 13.3 Å². The summed E-state index contributed by atoms with van der Waals surface area (Å²) < 4.78 is 0. The van der Waals surface area contributed by atoms with E-state index in [9.17, 15) is 0 Å². The van der Waals surface area contributed by atoms with E-state index < -0.39 is 0 Å². The Morgan fingerprint density at radius 3 is 2.92 bits per heavy atom. The predicted molar refractivity (Wildman–Crippen MR) is 53.6 cm³/mol. The lowest BCUT2D eigenvalue weighted by Gasteiger charge is -2.01. The van der Waals surface area contributed by atoms with Crippen LogP contribution in [0.3, 0.4) is 0 Å². The standard InChI is InChI=1S/C11H11Cl/c1-8-3-2-4-10-5-9(7-12)6-11(8)10/h2-5H,6-7H2,1H3. The number of benzene rings is 1. The second-order valence-corrected chi connectivity index (χ2v) is 3.52. The Kier molecular flexibility index (Phi) is 1.93. The molecule has 0 unspecified atom stereocenters. The van der Waals surface area contributed by atoms with Crippen LogP contribution in [0.5, 0.6) is 0 Å². The van der Waals surface area contributed by atoms with Gasteiger partial charge in [-0.2, -0.15) is 0 Å². The molecule has 0 amide bonds. The first-order chi connectivity index (χ1) is 5.81. The van der Waals surface area contributed by atoms with Gasteiger partial charge in [-0.25, -0.2) is 0 Å². The summed E-state index contributed by atoms with van der Waals surface area (Å²) in [7, 11) is 0. The third-order valence-corrected chi connectivity index (χ3v) is 2.72. The highest BCUT2D eigenvalue weighted by Gasteiger charge is 2.12. The molecule has 0 nitrogen and oxygen atoms in total. The summed E-state index contributed by atoms with van der Waals surface area (Å²) in [6.45, 7) is 2.16. The summed E-state index contributed by atoms with van der Waals surface area (Å²) >= 11 is 5.78. The molecule has 0 heterocycles. The summed E-state index contributed by atoms with van der Waals surface area (Å²) in [4.78, 5) is 0. The van der Waals surface area contributed by atoms with E-state index in [1.54, 1.807) is 0 Å². The lowest BCUT2D eigenvalue weighted by molar-refractivity contribution is 1.16. The molecule has 1 aromatic rings. The second-order valence-electron chi connectivity index (χ2n) is 3.26. The van der Waals surface area contributed by atoms with E-state index in [-0.39, 0.29) is 0 Å². The first kappa shape index (κ1) is 7.88. The highest BCUT2D eigenvalue weighted by atomic mass is 35.5. The summed E-state index contributed by atoms with van der Waals surface area (Å²) in [5.74, 6) is 0.661. The minimum atomic E-state index is 0.661. The van der Waals surface area contributed by atoms with Crippen molar-refractivity contribution in [1.82, 2.24) is 0 Å². The zero-order valence-corrected chi connectivity index (χ0v) is 7.86. The molecular weight excluding hydrogens is 168 g/mol. The molecule has 1 heteroatoms. The Morgan fingerprint density at radius 1 is 1.42 bits per heavy atom. The van der Waals surface area contributed by atoms with Gasteiger partial charge in [-0.1, -0.05) is 29.8 Å². The molecule has 0 N–H and O–H groups in total. The van der Waals surface area contributed by atoms with E-state index in [4.69, 9.17) is 11.6 Å². The van der Waals surface area contributed by atoms with Gasteiger partial charge in [0.25, 0.3) is 0 Å². The zero-order valence-electron chi connectivity index (χ0n) is 7.10. The van der Waals surface area contributed by atoms with E-state index in [2.05, 4.69) is 31.2 Å². The molecule has 1 aliphatic carbocycles. The molecule has 0 atom stereocenters. The molecule has 0 radical (unpaired) electrons. The fraction of sp³-hybridized carbons (Fsp3) is 0.273. The quantitative estimate of drug-likeness (QED) is 0.580. The maximum Gasteiger partial charge on any atom is 0.0440 e. The second kappa shape index (κ2) is 2.95. The van der Waals surface area contributed by atoms with E-state index >= 15 is 0 Å². The fourth-order valence-corrected chi connectivity index (χ4v) is 1.86. The van der Waals surface area contributed by atoms with Crippen LogP contribution in [0.15, 0.2) is 23.8 Å². The van der Waals surface area contributed by atoms with Crippen molar-refractivity contribution in [1.29, 1.82) is 0 Å². The normalized spacial score (nSPS) is 14.3. The predicted octanol–water partition coefficient (Wildman–Crippen LogP) is 3.17. The summed E-state index contributed by atoms with van der Waals surface area (Å²) in [5.41, 5.74) is 5.52. The maximum atomic E-state index is 5.78. The lowest BCUT2D eigenvalue weighted by atomic mass is 10.0. The smallest absolute Gasteiger partial charge is 0.0440 e. The SMILES string of the molecule is Cc1cccc2c1CC(CCl)=C2. The Hall–Kier alpha value is -0.750. The summed E-state index contributed by atoms with van der Waals surface area (Å²) in [5, 5.41) is 0. The van der Waals surface area contributed by atoms with Crippen LogP contribution >= 0.6 is 11.6 Å². The maximum absolute atomic E-state index is 5.78. The van der Waals surface area contributed by atoms with Gasteiger partial charge in [-0.05, 0) is 30.0 Å². The number of alkyl halides is 1. The van der Waals surface area contributed by atoms with Crippen LogP contribution in [-0.2, 0) is 6.42 Å². The minimum absolute atomic E-state index is 0.661. The van der Waals surface area contributed by atoms with Gasteiger partial charge in [0.1, 0.15) is 0 Å². The van der Waals surface area contributed by atoms with Gasteiger partial charge < -0.3 is 0 Å². The van der Waals surface area contributed by atoms with Crippen molar-refractivity contribution in [3.05, 3.63) is 40.5 Å². The van der Waals surface area contributed by atoms with Crippen LogP contribution in [-0.4, -0.2) is 5.88 Å². The van der Waals surface area contributed by atoms with Crippen molar-refractivity contribution in [2.24, 2.45) is 0 Å². The van der Waals surface area contributed by atoms with Crippen LogP contribution in [0.2, 0.25) is 0 Å². The first-order valence-electron chi connectivity index (χ1n) is 4.15. The van der Waals surface area contributed by atoms with Crippen molar-refractivity contribution >= 4 is 17.7 Å². The molecule has 0 aliphatic heterocycles. The monoisotopic (exact) mass is 178 g/mol. The average Bonchev–Trinajstić information content (AvgIpc) is 2.49. The lowest BCUT2D eigenvalue weighted by Crippen LogP contribution is -1.89. The molecule has 0 saturated carbocycles. The third kappa shape index (κ3) is 1.16. The average molecular weight is 179 g/mol. The van der Waals surface area contributed by atoms with Crippen molar-refractivity contribution in [3.63, 3.8) is 0 Å². The molecule has 0 spiro atoms. The molecule has 0 aromatic heterocycles. The van der Waals surface area contributed by atoms with Crippen LogP contribution in [0.25, 0.3) is 6.08 Å². The molecular formula is C11H11Cl. The highest BCUT2D eigenvalue weighted by molar-refractivity contribution is 6.20. The minimum Gasteiger partial charge on any atom is -0.122 e. The number of rotatable bonds is 1. The molecule has 0 fully saturated rings. The Morgan fingerprint density at radius 2 is 2.25 bits per heavy atom. The molecule has 0 bridgehead atoms. The van der Waals surface area contributed by atoms with Gasteiger partial charge >= 0.3 is 0 Å². The fourth-order valence-electron chi connectivity index (χ4n) is 1.69. The molecule has 1 aliphatic rings. The Bertz CT molecular complexity index is 337. The molecule has 0 saturated heterocycles. The Labute approximate surface area is 77.9 Å². The molecule has 1 aromatic carbocycles. The van der Waals surface area contributed by atoms with Gasteiger partial charge in [-0.15, -0.1) is 11.6 Å². The van der Waals surface area contributed by atoms with Crippen molar-refractivity contribution < 1.29 is 0 Å². The number of aryl methyl sites for hydroxylation is 1. The number of fused-ring (bicyclic) bond motifs is 1. The Balaban J connectivity index is 2.45. The third-order valence-electron chi connectivity index (χ3n) is 2.38. The largest absolute Gasteiger partial charge is 0.122 e. The van der Waals surface area contributed by atoms with E-state index in [0.717, 1.165) is 6.42 Å².